The van der Waals surface area contributed by atoms with Crippen LogP contribution < -0.4 is 0 Å². The fourth-order valence-electron chi connectivity index (χ4n) is 2.59. The topological polar surface area (TPSA) is 37.3 Å². The third-order valence-electron chi connectivity index (χ3n) is 3.52. The van der Waals surface area contributed by atoms with Gasteiger partial charge < -0.3 is 5.11 Å². The molecule has 0 radical (unpaired) electrons. The van der Waals surface area contributed by atoms with Crippen LogP contribution in [0.1, 0.15) is 39.6 Å². The number of rotatable bonds is 2. The lowest BCUT2D eigenvalue weighted by atomic mass is 9.96. The Morgan fingerprint density at radius 1 is 1.06 bits per heavy atom. The summed E-state index contributed by atoms with van der Waals surface area (Å²) < 4.78 is 0. The summed E-state index contributed by atoms with van der Waals surface area (Å²) >= 11 is 0. The first-order valence-electron chi connectivity index (χ1n) is 6.17. The zero-order valence-electron chi connectivity index (χ0n) is 9.97. The minimum absolute atomic E-state index is 0.0431. The van der Waals surface area contributed by atoms with E-state index in [4.69, 9.17) is 0 Å². The highest BCUT2D eigenvalue weighted by molar-refractivity contribution is 6.10. The molecule has 90 valence electrons. The minimum Gasteiger partial charge on any atom is -0.388 e. The molecule has 2 aromatic carbocycles. The van der Waals surface area contributed by atoms with Gasteiger partial charge in [-0.2, -0.15) is 0 Å². The fraction of sp³-hybridized carbons (Fsp3) is 0.188. The maximum Gasteiger partial charge on any atom is 0.193 e. The monoisotopic (exact) mass is 238 g/mol. The van der Waals surface area contributed by atoms with E-state index in [1.807, 2.05) is 48.5 Å². The smallest absolute Gasteiger partial charge is 0.193 e. The van der Waals surface area contributed by atoms with Gasteiger partial charge in [0.1, 0.15) is 0 Å². The SMILES string of the molecule is O=C(c1ccccc1)c1cccc2c1CCC2O. The second kappa shape index (κ2) is 4.39. The molecule has 3 rings (SSSR count). The third-order valence-corrected chi connectivity index (χ3v) is 3.52. The van der Waals surface area contributed by atoms with E-state index in [1.54, 1.807) is 0 Å². The van der Waals surface area contributed by atoms with Gasteiger partial charge in [0.2, 0.25) is 0 Å². The Kier molecular flexibility index (Phi) is 2.73. The number of aliphatic hydroxyl groups is 1. The van der Waals surface area contributed by atoms with E-state index < -0.39 is 6.10 Å². The van der Waals surface area contributed by atoms with Crippen LogP contribution in [0.15, 0.2) is 48.5 Å². The van der Waals surface area contributed by atoms with Gasteiger partial charge in [-0.05, 0) is 24.0 Å². The first-order valence-corrected chi connectivity index (χ1v) is 6.17. The van der Waals surface area contributed by atoms with E-state index in [0.29, 0.717) is 12.0 Å². The van der Waals surface area contributed by atoms with Gasteiger partial charge in [-0.3, -0.25) is 4.79 Å². The molecule has 1 unspecified atom stereocenters. The normalized spacial score (nSPS) is 17.5. The van der Waals surface area contributed by atoms with Crippen LogP contribution in [0.25, 0.3) is 0 Å². The summed E-state index contributed by atoms with van der Waals surface area (Å²) in [6, 6.07) is 14.9. The molecular formula is C16H14O2. The predicted octanol–water partition coefficient (Wildman–Crippen LogP) is 2.90. The Bertz CT molecular complexity index is 587. The molecule has 1 aliphatic carbocycles. The molecule has 0 aromatic heterocycles. The lowest BCUT2D eigenvalue weighted by Gasteiger charge is -2.08. The number of aliphatic hydroxyl groups excluding tert-OH is 1. The number of carbonyl (C=O) groups is 1. The fourth-order valence-corrected chi connectivity index (χ4v) is 2.59. The highest BCUT2D eigenvalue weighted by Gasteiger charge is 2.25. The summed E-state index contributed by atoms with van der Waals surface area (Å²) in [5, 5.41) is 9.85. The molecule has 1 N–H and O–H groups in total. The van der Waals surface area contributed by atoms with Crippen molar-refractivity contribution in [2.75, 3.05) is 0 Å². The van der Waals surface area contributed by atoms with Crippen molar-refractivity contribution in [1.29, 1.82) is 0 Å². The first kappa shape index (κ1) is 11.2. The Balaban J connectivity index is 2.07. The van der Waals surface area contributed by atoms with E-state index in [0.717, 1.165) is 23.1 Å². The average Bonchev–Trinajstić information content (AvgIpc) is 2.81. The number of carbonyl (C=O) groups excluding carboxylic acids is 1. The van der Waals surface area contributed by atoms with E-state index >= 15 is 0 Å². The number of hydrogen-bond donors (Lipinski definition) is 1. The Labute approximate surface area is 106 Å². The molecule has 18 heavy (non-hydrogen) atoms. The number of benzene rings is 2. The standard InChI is InChI=1S/C16H14O2/c17-15-10-9-12-13(15)7-4-8-14(12)16(18)11-5-2-1-3-6-11/h1-8,15,17H,9-10H2. The minimum atomic E-state index is -0.413. The molecule has 2 aromatic rings. The summed E-state index contributed by atoms with van der Waals surface area (Å²) in [5.41, 5.74) is 3.36. The first-order chi connectivity index (χ1) is 8.77. The second-order valence-corrected chi connectivity index (χ2v) is 4.62. The number of fused-ring (bicyclic) bond motifs is 1. The molecule has 0 aliphatic heterocycles. The summed E-state index contributed by atoms with van der Waals surface area (Å²) in [4.78, 5) is 12.4. The summed E-state index contributed by atoms with van der Waals surface area (Å²) in [5.74, 6) is 0.0431. The van der Waals surface area contributed by atoms with Crippen molar-refractivity contribution in [3.05, 3.63) is 70.8 Å². The highest BCUT2D eigenvalue weighted by Crippen LogP contribution is 2.33. The number of hydrogen-bond acceptors (Lipinski definition) is 2. The predicted molar refractivity (Wildman–Crippen MR) is 69.6 cm³/mol. The van der Waals surface area contributed by atoms with Gasteiger partial charge in [-0.1, -0.05) is 48.5 Å². The van der Waals surface area contributed by atoms with Gasteiger partial charge in [0.05, 0.1) is 6.10 Å². The molecule has 0 bridgehead atoms. The van der Waals surface area contributed by atoms with Crippen molar-refractivity contribution < 1.29 is 9.90 Å². The van der Waals surface area contributed by atoms with Gasteiger partial charge in [0.15, 0.2) is 5.78 Å². The average molecular weight is 238 g/mol. The Hall–Kier alpha value is -1.93. The molecule has 0 saturated carbocycles. The van der Waals surface area contributed by atoms with Crippen LogP contribution in [0.5, 0.6) is 0 Å². The van der Waals surface area contributed by atoms with Gasteiger partial charge in [0.25, 0.3) is 0 Å². The lowest BCUT2D eigenvalue weighted by Crippen LogP contribution is -2.05. The van der Waals surface area contributed by atoms with Crippen molar-refractivity contribution in [1.82, 2.24) is 0 Å². The van der Waals surface area contributed by atoms with Gasteiger partial charge >= 0.3 is 0 Å². The van der Waals surface area contributed by atoms with E-state index in [-0.39, 0.29) is 5.78 Å². The zero-order chi connectivity index (χ0) is 12.5. The van der Waals surface area contributed by atoms with Crippen molar-refractivity contribution >= 4 is 5.78 Å². The highest BCUT2D eigenvalue weighted by atomic mass is 16.3. The molecule has 0 amide bonds. The molecule has 0 heterocycles. The molecule has 1 atom stereocenters. The summed E-state index contributed by atoms with van der Waals surface area (Å²) in [6.07, 6.45) is 1.09. The van der Waals surface area contributed by atoms with Gasteiger partial charge in [-0.25, -0.2) is 0 Å². The van der Waals surface area contributed by atoms with E-state index in [1.165, 1.54) is 0 Å². The van der Waals surface area contributed by atoms with Crippen LogP contribution in [0.3, 0.4) is 0 Å². The van der Waals surface area contributed by atoms with E-state index in [9.17, 15) is 9.90 Å². The molecular weight excluding hydrogens is 224 g/mol. The lowest BCUT2D eigenvalue weighted by molar-refractivity contribution is 0.103. The molecule has 2 heteroatoms. The van der Waals surface area contributed by atoms with E-state index in [2.05, 4.69) is 0 Å². The maximum atomic E-state index is 12.4. The van der Waals surface area contributed by atoms with Gasteiger partial charge in [-0.15, -0.1) is 0 Å². The molecule has 1 aliphatic rings. The Morgan fingerprint density at radius 2 is 1.83 bits per heavy atom. The quantitative estimate of drug-likeness (QED) is 0.817. The van der Waals surface area contributed by atoms with Gasteiger partial charge in [0, 0.05) is 11.1 Å². The van der Waals surface area contributed by atoms with Crippen molar-refractivity contribution in [3.63, 3.8) is 0 Å². The molecule has 0 spiro atoms. The zero-order valence-corrected chi connectivity index (χ0v) is 9.97. The largest absolute Gasteiger partial charge is 0.388 e. The third kappa shape index (κ3) is 1.75. The molecule has 0 fully saturated rings. The van der Waals surface area contributed by atoms with Crippen LogP contribution in [0.2, 0.25) is 0 Å². The summed E-state index contributed by atoms with van der Waals surface area (Å²) in [6.45, 7) is 0. The van der Waals surface area contributed by atoms with Crippen molar-refractivity contribution in [2.24, 2.45) is 0 Å². The van der Waals surface area contributed by atoms with Crippen molar-refractivity contribution in [2.45, 2.75) is 18.9 Å². The van der Waals surface area contributed by atoms with Crippen LogP contribution in [-0.2, 0) is 6.42 Å². The Morgan fingerprint density at radius 3 is 2.61 bits per heavy atom. The molecule has 2 nitrogen and oxygen atoms in total. The maximum absolute atomic E-state index is 12.4. The van der Waals surface area contributed by atoms with Crippen LogP contribution in [0, 0.1) is 0 Å². The van der Waals surface area contributed by atoms with Crippen LogP contribution in [-0.4, -0.2) is 10.9 Å². The summed E-state index contributed by atoms with van der Waals surface area (Å²) in [7, 11) is 0. The molecule has 0 saturated heterocycles. The second-order valence-electron chi connectivity index (χ2n) is 4.62. The van der Waals surface area contributed by atoms with Crippen LogP contribution >= 0.6 is 0 Å². The van der Waals surface area contributed by atoms with Crippen LogP contribution in [0.4, 0.5) is 0 Å². The number of ketones is 1. The van der Waals surface area contributed by atoms with Crippen molar-refractivity contribution in [3.8, 4) is 0 Å².